The van der Waals surface area contributed by atoms with Crippen LogP contribution in [0.1, 0.15) is 57.2 Å². The Labute approximate surface area is 186 Å². The maximum Gasteiger partial charge on any atom is 0.261 e. The number of aryl methyl sites for hydroxylation is 2. The quantitative estimate of drug-likeness (QED) is 0.571. The third kappa shape index (κ3) is 7.12. The number of nitrogens with zero attached hydrogens (tertiary/aromatic N) is 1. The van der Waals surface area contributed by atoms with Crippen molar-refractivity contribution in [2.45, 2.75) is 72.5 Å². The van der Waals surface area contributed by atoms with E-state index in [1.807, 2.05) is 76.2 Å². The fourth-order valence-corrected chi connectivity index (χ4v) is 3.38. The van der Waals surface area contributed by atoms with E-state index in [0.717, 1.165) is 24.0 Å². The molecule has 0 aliphatic rings. The Morgan fingerprint density at radius 2 is 1.68 bits per heavy atom. The van der Waals surface area contributed by atoms with Crippen molar-refractivity contribution in [2.75, 3.05) is 6.61 Å². The number of ether oxygens (including phenoxy) is 1. The Bertz CT molecular complexity index is 848. The zero-order valence-electron chi connectivity index (χ0n) is 19.5. The van der Waals surface area contributed by atoms with Crippen LogP contribution in [0.3, 0.4) is 0 Å². The molecule has 0 unspecified atom stereocenters. The molecule has 2 atom stereocenters. The van der Waals surface area contributed by atoms with E-state index in [1.54, 1.807) is 4.90 Å². The average molecular weight is 425 g/mol. The number of rotatable bonds is 11. The molecule has 0 radical (unpaired) electrons. The maximum absolute atomic E-state index is 13.2. The third-order valence-electron chi connectivity index (χ3n) is 5.68. The van der Waals surface area contributed by atoms with Crippen LogP contribution in [0.4, 0.5) is 0 Å². The zero-order valence-corrected chi connectivity index (χ0v) is 19.5. The molecule has 0 saturated heterocycles. The van der Waals surface area contributed by atoms with Gasteiger partial charge in [-0.3, -0.25) is 9.59 Å². The lowest BCUT2D eigenvalue weighted by Gasteiger charge is -2.31. The van der Waals surface area contributed by atoms with Crippen molar-refractivity contribution >= 4 is 11.8 Å². The summed E-state index contributed by atoms with van der Waals surface area (Å²) in [7, 11) is 0. The maximum atomic E-state index is 13.2. The molecule has 0 aliphatic carbocycles. The highest BCUT2D eigenvalue weighted by molar-refractivity contribution is 5.88. The molecule has 2 aromatic carbocycles. The van der Waals surface area contributed by atoms with Crippen LogP contribution >= 0.6 is 0 Å². The zero-order chi connectivity index (χ0) is 22.8. The number of hydrogen-bond donors (Lipinski definition) is 1. The van der Waals surface area contributed by atoms with Gasteiger partial charge in [0, 0.05) is 12.6 Å². The predicted octanol–water partition coefficient (Wildman–Crippen LogP) is 4.66. The lowest BCUT2D eigenvalue weighted by Crippen LogP contribution is -2.51. The summed E-state index contributed by atoms with van der Waals surface area (Å²) in [5, 5.41) is 3.03. The highest BCUT2D eigenvalue weighted by atomic mass is 16.5. The first-order valence-corrected chi connectivity index (χ1v) is 11.3. The molecule has 1 N–H and O–H groups in total. The van der Waals surface area contributed by atoms with Crippen molar-refractivity contribution < 1.29 is 14.3 Å². The second kappa shape index (κ2) is 12.1. The van der Waals surface area contributed by atoms with Crippen molar-refractivity contribution in [3.63, 3.8) is 0 Å². The Morgan fingerprint density at radius 1 is 1.00 bits per heavy atom. The highest BCUT2D eigenvalue weighted by Crippen LogP contribution is 2.17. The fourth-order valence-electron chi connectivity index (χ4n) is 3.38. The van der Waals surface area contributed by atoms with E-state index in [4.69, 9.17) is 4.74 Å². The summed E-state index contributed by atoms with van der Waals surface area (Å²) < 4.78 is 5.77. The molecular weight excluding hydrogens is 388 g/mol. The van der Waals surface area contributed by atoms with E-state index in [9.17, 15) is 9.59 Å². The molecule has 168 valence electrons. The molecule has 0 fully saturated rings. The highest BCUT2D eigenvalue weighted by Gasteiger charge is 2.29. The van der Waals surface area contributed by atoms with E-state index < -0.39 is 6.04 Å². The van der Waals surface area contributed by atoms with E-state index >= 15 is 0 Å². The first-order valence-electron chi connectivity index (χ1n) is 11.3. The van der Waals surface area contributed by atoms with E-state index in [0.29, 0.717) is 18.7 Å². The topological polar surface area (TPSA) is 58.6 Å². The molecule has 31 heavy (non-hydrogen) atoms. The number of carbonyl (C=O) groups excluding carboxylic acids is 2. The molecule has 2 rings (SSSR count). The molecule has 0 aromatic heterocycles. The summed E-state index contributed by atoms with van der Waals surface area (Å²) in [5.41, 5.74) is 3.33. The molecule has 0 heterocycles. The summed E-state index contributed by atoms with van der Waals surface area (Å²) in [6.07, 6.45) is 2.32. The van der Waals surface area contributed by atoms with Gasteiger partial charge in [-0.15, -0.1) is 0 Å². The van der Waals surface area contributed by atoms with Gasteiger partial charge in [0.2, 0.25) is 5.91 Å². The minimum atomic E-state index is -0.549. The molecule has 0 bridgehead atoms. The van der Waals surface area contributed by atoms with Gasteiger partial charge in [0.25, 0.3) is 5.91 Å². The molecule has 0 spiro atoms. The van der Waals surface area contributed by atoms with Crippen LogP contribution in [0.25, 0.3) is 0 Å². The molecule has 2 amide bonds. The number of nitrogens with one attached hydrogen (secondary N) is 1. The summed E-state index contributed by atoms with van der Waals surface area (Å²) in [6, 6.07) is 15.2. The third-order valence-corrected chi connectivity index (χ3v) is 5.68. The second-order valence-electron chi connectivity index (χ2n) is 7.98. The van der Waals surface area contributed by atoms with Gasteiger partial charge in [-0.05, 0) is 61.9 Å². The van der Waals surface area contributed by atoms with Gasteiger partial charge in [0.15, 0.2) is 6.61 Å². The molecule has 5 nitrogen and oxygen atoms in total. The molecule has 0 aliphatic heterocycles. The van der Waals surface area contributed by atoms with Gasteiger partial charge in [0.05, 0.1) is 0 Å². The van der Waals surface area contributed by atoms with Gasteiger partial charge in [-0.1, -0.05) is 57.2 Å². The van der Waals surface area contributed by atoms with Crippen molar-refractivity contribution in [1.29, 1.82) is 0 Å². The molecule has 2 aromatic rings. The minimum Gasteiger partial charge on any atom is -0.484 e. The Hall–Kier alpha value is -2.82. The van der Waals surface area contributed by atoms with Gasteiger partial charge in [0.1, 0.15) is 11.8 Å². The normalized spacial score (nSPS) is 12.7. The summed E-state index contributed by atoms with van der Waals surface area (Å²) in [6.45, 7) is 10.3. The van der Waals surface area contributed by atoms with Crippen molar-refractivity contribution in [2.24, 2.45) is 0 Å². The molecule has 0 saturated carbocycles. The first kappa shape index (κ1) is 24.4. The van der Waals surface area contributed by atoms with Gasteiger partial charge in [-0.25, -0.2) is 0 Å². The van der Waals surface area contributed by atoms with Gasteiger partial charge in [-0.2, -0.15) is 0 Å². The monoisotopic (exact) mass is 424 g/mol. The van der Waals surface area contributed by atoms with Crippen LogP contribution in [-0.4, -0.2) is 35.4 Å². The van der Waals surface area contributed by atoms with Crippen molar-refractivity contribution in [3.05, 3.63) is 65.2 Å². The SMILES string of the molecule is CCc1ccc(OCC(=O)N(Cc2ccccc2C)[C@H](CC)C(=O)N[C@H](C)CC)cc1. The lowest BCUT2D eigenvalue weighted by molar-refractivity contribution is -0.143. The molecule has 5 heteroatoms. The second-order valence-corrected chi connectivity index (χ2v) is 7.98. The smallest absolute Gasteiger partial charge is 0.261 e. The van der Waals surface area contributed by atoms with Crippen LogP contribution < -0.4 is 10.1 Å². The average Bonchev–Trinajstić information content (AvgIpc) is 2.78. The fraction of sp³-hybridized carbons (Fsp3) is 0.462. The largest absolute Gasteiger partial charge is 0.484 e. The van der Waals surface area contributed by atoms with Crippen LogP contribution in [0, 0.1) is 6.92 Å². The number of amides is 2. The predicted molar refractivity (Wildman–Crippen MR) is 125 cm³/mol. The standard InChI is InChI=1S/C26H36N2O3/c1-6-20(5)27-26(30)24(8-3)28(17-22-12-10-9-11-19(22)4)25(29)18-31-23-15-13-21(7-2)14-16-23/h9-16,20,24H,6-8,17-18H2,1-5H3,(H,27,30)/t20-,24-/m1/s1. The summed E-state index contributed by atoms with van der Waals surface area (Å²) in [5.74, 6) is 0.332. The van der Waals surface area contributed by atoms with Crippen LogP contribution in [0.2, 0.25) is 0 Å². The first-order chi connectivity index (χ1) is 14.9. The number of carbonyl (C=O) groups is 2. The summed E-state index contributed by atoms with van der Waals surface area (Å²) in [4.78, 5) is 27.9. The Kier molecular flexibility index (Phi) is 9.57. The number of benzene rings is 2. The van der Waals surface area contributed by atoms with Crippen LogP contribution in [0.5, 0.6) is 5.75 Å². The van der Waals surface area contributed by atoms with Gasteiger partial charge >= 0.3 is 0 Å². The minimum absolute atomic E-state index is 0.0605. The van der Waals surface area contributed by atoms with Crippen molar-refractivity contribution in [3.8, 4) is 5.75 Å². The van der Waals surface area contributed by atoms with Gasteiger partial charge < -0.3 is 15.0 Å². The van der Waals surface area contributed by atoms with Crippen molar-refractivity contribution in [1.82, 2.24) is 10.2 Å². The lowest BCUT2D eigenvalue weighted by atomic mass is 10.1. The van der Waals surface area contributed by atoms with E-state index in [2.05, 4.69) is 12.2 Å². The molecular formula is C26H36N2O3. The Morgan fingerprint density at radius 3 is 2.26 bits per heavy atom. The Balaban J connectivity index is 2.20. The number of hydrogen-bond acceptors (Lipinski definition) is 3. The summed E-state index contributed by atoms with van der Waals surface area (Å²) >= 11 is 0. The van der Waals surface area contributed by atoms with Crippen LogP contribution in [0.15, 0.2) is 48.5 Å². The van der Waals surface area contributed by atoms with Crippen LogP contribution in [-0.2, 0) is 22.6 Å². The van der Waals surface area contributed by atoms with E-state index in [1.165, 1.54) is 5.56 Å². The van der Waals surface area contributed by atoms with E-state index in [-0.39, 0.29) is 24.5 Å².